The zero-order valence-electron chi connectivity index (χ0n) is 13.8. The van der Waals surface area contributed by atoms with Crippen molar-refractivity contribution in [1.29, 1.82) is 0 Å². The molecule has 0 radical (unpaired) electrons. The van der Waals surface area contributed by atoms with Gasteiger partial charge in [0.1, 0.15) is 0 Å². The van der Waals surface area contributed by atoms with E-state index in [1.165, 1.54) is 0 Å². The number of nitrogens with one attached hydrogen (secondary N) is 2. The quantitative estimate of drug-likeness (QED) is 0.528. The third-order valence-corrected chi connectivity index (χ3v) is 4.53. The molecule has 4 heteroatoms. The lowest BCUT2D eigenvalue weighted by Crippen LogP contribution is -2.67. The summed E-state index contributed by atoms with van der Waals surface area (Å²) >= 11 is 0. The maximum Gasteiger partial charge on any atom is 0.282 e. The van der Waals surface area contributed by atoms with Crippen molar-refractivity contribution in [3.05, 3.63) is 78.5 Å². The molecular formula is C21H20N3O+. The summed E-state index contributed by atoms with van der Waals surface area (Å²) in [6.45, 7) is 0. The van der Waals surface area contributed by atoms with Gasteiger partial charge in [-0.2, -0.15) is 0 Å². The second-order valence-electron chi connectivity index (χ2n) is 6.31. The molecule has 4 rings (SSSR count). The van der Waals surface area contributed by atoms with Crippen LogP contribution in [-0.4, -0.2) is 16.9 Å². The first-order valence-electron chi connectivity index (χ1n) is 8.38. The molecule has 0 spiro atoms. The van der Waals surface area contributed by atoms with Gasteiger partial charge in [-0.15, -0.1) is 0 Å². The zero-order chi connectivity index (χ0) is 17.2. The molecule has 5 N–H and O–H groups in total. The van der Waals surface area contributed by atoms with E-state index in [9.17, 15) is 4.79 Å². The normalized spacial score (nSPS) is 12.4. The minimum atomic E-state index is -0.356. The van der Waals surface area contributed by atoms with Gasteiger partial charge in [0.05, 0.1) is 0 Å². The summed E-state index contributed by atoms with van der Waals surface area (Å²) in [7, 11) is 0. The molecule has 1 atom stereocenters. The molecule has 0 unspecified atom stereocenters. The van der Waals surface area contributed by atoms with Crippen LogP contribution in [0.3, 0.4) is 0 Å². The van der Waals surface area contributed by atoms with E-state index in [1.807, 2.05) is 60.8 Å². The van der Waals surface area contributed by atoms with Gasteiger partial charge in [0.25, 0.3) is 5.91 Å². The molecule has 1 aromatic heterocycles. The summed E-state index contributed by atoms with van der Waals surface area (Å²) in [4.78, 5) is 15.8. The number of amides is 1. The van der Waals surface area contributed by atoms with Gasteiger partial charge in [-0.25, -0.2) is 0 Å². The van der Waals surface area contributed by atoms with E-state index in [1.54, 1.807) is 0 Å². The number of benzene rings is 3. The van der Waals surface area contributed by atoms with Crippen molar-refractivity contribution in [1.82, 2.24) is 4.98 Å². The molecule has 0 fully saturated rings. The summed E-state index contributed by atoms with van der Waals surface area (Å²) in [5, 5.41) is 6.40. The first kappa shape index (κ1) is 15.4. The molecule has 0 saturated heterocycles. The van der Waals surface area contributed by atoms with Gasteiger partial charge in [0.2, 0.25) is 0 Å². The number of rotatable bonds is 4. The smallest absolute Gasteiger partial charge is 0.282 e. The molecule has 1 heterocycles. The number of hydrogen-bond donors (Lipinski definition) is 3. The van der Waals surface area contributed by atoms with E-state index < -0.39 is 0 Å². The van der Waals surface area contributed by atoms with Crippen LogP contribution in [0.25, 0.3) is 21.7 Å². The third kappa shape index (κ3) is 3.12. The number of anilines is 1. The number of H-pyrrole nitrogens is 1. The van der Waals surface area contributed by atoms with Crippen LogP contribution in [-0.2, 0) is 11.2 Å². The summed E-state index contributed by atoms with van der Waals surface area (Å²) in [6, 6.07) is 21.8. The fraction of sp³-hybridized carbons (Fsp3) is 0.0952. The predicted molar refractivity (Wildman–Crippen MR) is 101 cm³/mol. The lowest BCUT2D eigenvalue weighted by atomic mass is 10.0. The van der Waals surface area contributed by atoms with Gasteiger partial charge in [0, 0.05) is 29.2 Å². The van der Waals surface area contributed by atoms with Crippen molar-refractivity contribution in [2.24, 2.45) is 0 Å². The maximum atomic E-state index is 12.5. The number of carbonyl (C=O) groups excluding carboxylic acids is 1. The highest BCUT2D eigenvalue weighted by atomic mass is 16.2. The van der Waals surface area contributed by atoms with Gasteiger partial charge < -0.3 is 16.0 Å². The summed E-state index contributed by atoms with van der Waals surface area (Å²) in [6.07, 6.45) is 2.57. The molecule has 4 nitrogen and oxygen atoms in total. The molecule has 124 valence electrons. The number of aromatic amines is 1. The summed E-state index contributed by atoms with van der Waals surface area (Å²) < 4.78 is 0. The molecule has 0 aliphatic carbocycles. The zero-order valence-corrected chi connectivity index (χ0v) is 13.8. The summed E-state index contributed by atoms with van der Waals surface area (Å²) in [5.41, 5.74) is 7.05. The Kier molecular flexibility index (Phi) is 3.96. The lowest BCUT2D eigenvalue weighted by molar-refractivity contribution is -0.402. The standard InChI is InChI=1S/C21H19N3O/c22-19(12-16-13-23-20-8-4-3-7-18(16)20)21(25)24-17-10-9-14-5-1-2-6-15(14)11-17/h1-11,13,19,23H,12,22H2,(H,24,25)/p+1/t19-/m0/s1. The molecule has 25 heavy (non-hydrogen) atoms. The number of aromatic nitrogens is 1. The average molecular weight is 330 g/mol. The van der Waals surface area contributed by atoms with Crippen LogP contribution < -0.4 is 11.1 Å². The van der Waals surface area contributed by atoms with Gasteiger partial charge in [0.15, 0.2) is 6.04 Å². The van der Waals surface area contributed by atoms with Crippen LogP contribution in [0.1, 0.15) is 5.56 Å². The van der Waals surface area contributed by atoms with Crippen LogP contribution >= 0.6 is 0 Å². The van der Waals surface area contributed by atoms with Crippen molar-refractivity contribution in [2.75, 3.05) is 5.32 Å². The Bertz CT molecular complexity index is 1050. The van der Waals surface area contributed by atoms with Crippen LogP contribution in [0.5, 0.6) is 0 Å². The van der Waals surface area contributed by atoms with Crippen LogP contribution in [0.2, 0.25) is 0 Å². The summed E-state index contributed by atoms with van der Waals surface area (Å²) in [5.74, 6) is -0.0689. The van der Waals surface area contributed by atoms with E-state index in [0.717, 1.165) is 32.9 Å². The Labute approximate surface area is 145 Å². The Morgan fingerprint density at radius 2 is 1.76 bits per heavy atom. The highest BCUT2D eigenvalue weighted by molar-refractivity contribution is 5.97. The molecule has 1 amide bonds. The Balaban J connectivity index is 1.49. The van der Waals surface area contributed by atoms with Crippen LogP contribution in [0, 0.1) is 0 Å². The van der Waals surface area contributed by atoms with Crippen molar-refractivity contribution in [3.63, 3.8) is 0 Å². The molecular weight excluding hydrogens is 310 g/mol. The Morgan fingerprint density at radius 3 is 2.64 bits per heavy atom. The van der Waals surface area contributed by atoms with E-state index in [-0.39, 0.29) is 11.9 Å². The minimum Gasteiger partial charge on any atom is -0.361 e. The van der Waals surface area contributed by atoms with E-state index >= 15 is 0 Å². The Hall–Kier alpha value is -3.11. The highest BCUT2D eigenvalue weighted by Gasteiger charge is 2.19. The number of fused-ring (bicyclic) bond motifs is 2. The largest absolute Gasteiger partial charge is 0.361 e. The van der Waals surface area contributed by atoms with Gasteiger partial charge in [-0.05, 0) is 34.5 Å². The van der Waals surface area contributed by atoms with E-state index in [0.29, 0.717) is 6.42 Å². The molecule has 0 aliphatic heterocycles. The van der Waals surface area contributed by atoms with Gasteiger partial charge in [-0.3, -0.25) is 4.79 Å². The van der Waals surface area contributed by atoms with Crippen LogP contribution in [0.4, 0.5) is 5.69 Å². The average Bonchev–Trinajstić information content (AvgIpc) is 3.04. The molecule has 0 aliphatic rings. The third-order valence-electron chi connectivity index (χ3n) is 4.53. The number of carbonyl (C=O) groups is 1. The van der Waals surface area contributed by atoms with Crippen molar-refractivity contribution in [3.8, 4) is 0 Å². The second kappa shape index (κ2) is 6.42. The van der Waals surface area contributed by atoms with Crippen molar-refractivity contribution in [2.45, 2.75) is 12.5 Å². The topological polar surface area (TPSA) is 72.5 Å². The van der Waals surface area contributed by atoms with Gasteiger partial charge in [-0.1, -0.05) is 48.5 Å². The minimum absolute atomic E-state index is 0.0689. The fourth-order valence-corrected chi connectivity index (χ4v) is 3.17. The van der Waals surface area contributed by atoms with Gasteiger partial charge >= 0.3 is 0 Å². The predicted octanol–water partition coefficient (Wildman–Crippen LogP) is 3.11. The van der Waals surface area contributed by atoms with Crippen molar-refractivity contribution < 1.29 is 10.5 Å². The molecule has 0 bridgehead atoms. The monoisotopic (exact) mass is 330 g/mol. The maximum absolute atomic E-state index is 12.5. The number of hydrogen-bond acceptors (Lipinski definition) is 1. The Morgan fingerprint density at radius 1 is 1.00 bits per heavy atom. The number of quaternary nitrogens is 1. The van der Waals surface area contributed by atoms with Crippen molar-refractivity contribution >= 4 is 33.3 Å². The second-order valence-corrected chi connectivity index (χ2v) is 6.31. The SMILES string of the molecule is [NH3+][C@@H](Cc1c[nH]c2ccccc12)C(=O)Nc1ccc2ccccc2c1. The van der Waals surface area contributed by atoms with Crippen LogP contribution in [0.15, 0.2) is 72.9 Å². The molecule has 0 saturated carbocycles. The number of para-hydroxylation sites is 1. The highest BCUT2D eigenvalue weighted by Crippen LogP contribution is 2.20. The van der Waals surface area contributed by atoms with E-state index in [2.05, 4.69) is 28.2 Å². The fourth-order valence-electron chi connectivity index (χ4n) is 3.17. The lowest BCUT2D eigenvalue weighted by Gasteiger charge is -2.10. The molecule has 4 aromatic rings. The first-order chi connectivity index (χ1) is 12.2. The van der Waals surface area contributed by atoms with E-state index in [4.69, 9.17) is 0 Å². The molecule has 3 aromatic carbocycles. The first-order valence-corrected chi connectivity index (χ1v) is 8.38.